The lowest BCUT2D eigenvalue weighted by Crippen LogP contribution is -2.47. The van der Waals surface area contributed by atoms with Crippen molar-refractivity contribution in [2.75, 3.05) is 53.9 Å². The van der Waals surface area contributed by atoms with Gasteiger partial charge in [-0.15, -0.1) is 0 Å². The van der Waals surface area contributed by atoms with Crippen LogP contribution in [0.4, 0.5) is 0 Å². The molecule has 1 heterocycles. The third kappa shape index (κ3) is 5.67. The molecule has 1 fully saturated rings. The van der Waals surface area contributed by atoms with Gasteiger partial charge in [0.1, 0.15) is 0 Å². The van der Waals surface area contributed by atoms with E-state index in [1.54, 1.807) is 23.5 Å². The van der Waals surface area contributed by atoms with Crippen molar-refractivity contribution < 1.29 is 8.42 Å². The average Bonchev–Trinajstić information content (AvgIpc) is 2.67. The van der Waals surface area contributed by atoms with Gasteiger partial charge in [-0.1, -0.05) is 31.5 Å². The zero-order valence-electron chi connectivity index (χ0n) is 17.0. The lowest BCUT2D eigenvalue weighted by atomic mass is 10.2. The molecule has 7 nitrogen and oxygen atoms in total. The third-order valence-corrected chi connectivity index (χ3v) is 6.91. The molecule has 8 heteroatoms. The van der Waals surface area contributed by atoms with Gasteiger partial charge in [0.05, 0.1) is 4.90 Å². The quantitative estimate of drug-likeness (QED) is 0.559. The molecule has 1 aromatic rings. The zero-order valence-corrected chi connectivity index (χ0v) is 17.8. The monoisotopic (exact) mass is 395 g/mol. The zero-order chi connectivity index (χ0) is 19.9. The minimum atomic E-state index is -3.49. The summed E-state index contributed by atoms with van der Waals surface area (Å²) >= 11 is 0. The maximum Gasteiger partial charge on any atom is 0.243 e. The Labute approximate surface area is 164 Å². The van der Waals surface area contributed by atoms with E-state index in [0.717, 1.165) is 44.0 Å². The minimum Gasteiger partial charge on any atom is -0.352 e. The van der Waals surface area contributed by atoms with Crippen LogP contribution in [0.3, 0.4) is 0 Å². The van der Waals surface area contributed by atoms with Crippen LogP contribution in [-0.4, -0.2) is 82.3 Å². The van der Waals surface area contributed by atoms with Gasteiger partial charge in [0.25, 0.3) is 0 Å². The normalized spacial score (nSPS) is 17.1. The molecule has 1 aliphatic rings. The van der Waals surface area contributed by atoms with E-state index in [2.05, 4.69) is 27.0 Å². The van der Waals surface area contributed by atoms with E-state index < -0.39 is 10.0 Å². The van der Waals surface area contributed by atoms with Gasteiger partial charge in [-0.25, -0.2) is 8.42 Å². The maximum absolute atomic E-state index is 13.1. The predicted octanol–water partition coefficient (Wildman–Crippen LogP) is 1.43. The fraction of sp³-hybridized carbons (Fsp3) is 0.632. The predicted molar refractivity (Wildman–Crippen MR) is 110 cm³/mol. The van der Waals surface area contributed by atoms with Crippen molar-refractivity contribution >= 4 is 16.0 Å². The number of sulfonamides is 1. The van der Waals surface area contributed by atoms with E-state index in [1.807, 2.05) is 26.2 Å². The minimum absolute atomic E-state index is 0.383. The summed E-state index contributed by atoms with van der Waals surface area (Å²) in [5, 5.41) is 3.30. The molecular weight excluding hydrogens is 362 g/mol. The second-order valence-corrected chi connectivity index (χ2v) is 8.90. The van der Waals surface area contributed by atoms with Crippen molar-refractivity contribution in [3.8, 4) is 0 Å². The van der Waals surface area contributed by atoms with Crippen LogP contribution in [0.5, 0.6) is 0 Å². The number of nitrogens with zero attached hydrogens (tertiary/aromatic N) is 4. The Morgan fingerprint density at radius 1 is 1.22 bits per heavy atom. The standard InChI is InChI=1S/C19H33N5O2S/c1-5-6-11-23(4)19(20-2)21-16-17-9-7-8-10-18(17)27(25,26)24-14-12-22(3)13-15-24/h7-10H,5-6,11-16H2,1-4H3,(H,20,21). The van der Waals surface area contributed by atoms with Crippen molar-refractivity contribution in [1.29, 1.82) is 0 Å². The fourth-order valence-corrected chi connectivity index (χ4v) is 4.77. The lowest BCUT2D eigenvalue weighted by Gasteiger charge is -2.32. The molecule has 0 bridgehead atoms. The van der Waals surface area contributed by atoms with Crippen molar-refractivity contribution in [3.63, 3.8) is 0 Å². The molecule has 152 valence electrons. The Morgan fingerprint density at radius 2 is 1.89 bits per heavy atom. The van der Waals surface area contributed by atoms with Crippen LogP contribution in [0.2, 0.25) is 0 Å². The highest BCUT2D eigenvalue weighted by Crippen LogP contribution is 2.21. The van der Waals surface area contributed by atoms with Gasteiger partial charge in [-0.2, -0.15) is 4.31 Å². The Bertz CT molecular complexity index is 727. The number of guanidine groups is 1. The van der Waals surface area contributed by atoms with Crippen molar-refractivity contribution in [1.82, 2.24) is 19.4 Å². The van der Waals surface area contributed by atoms with E-state index in [9.17, 15) is 8.42 Å². The van der Waals surface area contributed by atoms with Crippen LogP contribution in [0.1, 0.15) is 25.3 Å². The van der Waals surface area contributed by atoms with Crippen LogP contribution in [-0.2, 0) is 16.6 Å². The molecular formula is C19H33N5O2S. The van der Waals surface area contributed by atoms with E-state index >= 15 is 0 Å². The summed E-state index contributed by atoms with van der Waals surface area (Å²) in [4.78, 5) is 8.91. The largest absolute Gasteiger partial charge is 0.352 e. The first-order chi connectivity index (χ1) is 12.9. The molecule has 0 aromatic heterocycles. The van der Waals surface area contributed by atoms with Crippen LogP contribution in [0.25, 0.3) is 0 Å². The molecule has 1 aromatic carbocycles. The molecule has 1 aliphatic heterocycles. The average molecular weight is 396 g/mol. The fourth-order valence-electron chi connectivity index (χ4n) is 3.13. The van der Waals surface area contributed by atoms with E-state index in [0.29, 0.717) is 24.5 Å². The number of hydrogen-bond acceptors (Lipinski definition) is 4. The first kappa shape index (κ1) is 21.7. The van der Waals surface area contributed by atoms with Gasteiger partial charge in [0.2, 0.25) is 10.0 Å². The van der Waals surface area contributed by atoms with Gasteiger partial charge >= 0.3 is 0 Å². The SMILES string of the molecule is CCCCN(C)C(=NC)NCc1ccccc1S(=O)(=O)N1CCN(C)CC1. The van der Waals surface area contributed by atoms with Gasteiger partial charge in [0, 0.05) is 53.4 Å². The van der Waals surface area contributed by atoms with Crippen LogP contribution in [0, 0.1) is 0 Å². The topological polar surface area (TPSA) is 68.2 Å². The van der Waals surface area contributed by atoms with Gasteiger partial charge in [-0.3, -0.25) is 4.99 Å². The van der Waals surface area contributed by atoms with Crippen LogP contribution in [0.15, 0.2) is 34.2 Å². The molecule has 1 saturated heterocycles. The summed E-state index contributed by atoms with van der Waals surface area (Å²) in [6.07, 6.45) is 2.21. The number of piperazine rings is 1. The Morgan fingerprint density at radius 3 is 2.52 bits per heavy atom. The Hall–Kier alpha value is -1.64. The second-order valence-electron chi connectivity index (χ2n) is 6.99. The first-order valence-electron chi connectivity index (χ1n) is 9.58. The van der Waals surface area contributed by atoms with Gasteiger partial charge < -0.3 is 15.1 Å². The van der Waals surface area contributed by atoms with Gasteiger partial charge in [0.15, 0.2) is 5.96 Å². The number of nitrogens with one attached hydrogen (secondary N) is 1. The number of rotatable bonds is 7. The molecule has 0 amide bonds. The Kier molecular flexibility index (Phi) is 8.07. The summed E-state index contributed by atoms with van der Waals surface area (Å²) in [5.41, 5.74) is 0.765. The highest BCUT2D eigenvalue weighted by molar-refractivity contribution is 7.89. The smallest absolute Gasteiger partial charge is 0.243 e. The highest BCUT2D eigenvalue weighted by Gasteiger charge is 2.29. The summed E-state index contributed by atoms with van der Waals surface area (Å²) in [5.74, 6) is 0.773. The summed E-state index contributed by atoms with van der Waals surface area (Å²) in [6.45, 7) is 6.07. The van der Waals surface area contributed by atoms with Crippen LogP contribution < -0.4 is 5.32 Å². The second kappa shape index (κ2) is 10.1. The first-order valence-corrected chi connectivity index (χ1v) is 11.0. The molecule has 1 N–H and O–H groups in total. The van der Waals surface area contributed by atoms with E-state index in [-0.39, 0.29) is 0 Å². The van der Waals surface area contributed by atoms with Crippen molar-refractivity contribution in [3.05, 3.63) is 29.8 Å². The molecule has 0 atom stereocenters. The summed E-state index contributed by atoms with van der Waals surface area (Å²) < 4.78 is 27.9. The van der Waals surface area contributed by atoms with Gasteiger partial charge in [-0.05, 0) is 25.1 Å². The molecule has 0 radical (unpaired) electrons. The number of aliphatic imine (C=N–C) groups is 1. The molecule has 2 rings (SSSR count). The molecule has 0 unspecified atom stereocenters. The number of benzene rings is 1. The maximum atomic E-state index is 13.1. The molecule has 27 heavy (non-hydrogen) atoms. The molecule has 0 saturated carbocycles. The molecule has 0 aliphatic carbocycles. The summed E-state index contributed by atoms with van der Waals surface area (Å²) in [7, 11) is 2.27. The summed E-state index contributed by atoms with van der Waals surface area (Å²) in [6, 6.07) is 7.24. The van der Waals surface area contributed by atoms with E-state index in [4.69, 9.17) is 0 Å². The lowest BCUT2D eigenvalue weighted by molar-refractivity contribution is 0.222. The Balaban J connectivity index is 2.13. The third-order valence-electron chi connectivity index (χ3n) is 4.91. The highest BCUT2D eigenvalue weighted by atomic mass is 32.2. The number of likely N-dealkylation sites (N-methyl/N-ethyl adjacent to an activating group) is 1. The van der Waals surface area contributed by atoms with Crippen LogP contribution >= 0.6 is 0 Å². The number of hydrogen-bond donors (Lipinski definition) is 1. The van der Waals surface area contributed by atoms with Crippen molar-refractivity contribution in [2.45, 2.75) is 31.2 Å². The number of unbranched alkanes of at least 4 members (excludes halogenated alkanes) is 1. The molecule has 0 spiro atoms. The van der Waals surface area contributed by atoms with Crippen molar-refractivity contribution in [2.24, 2.45) is 4.99 Å². The van der Waals surface area contributed by atoms with E-state index in [1.165, 1.54) is 0 Å².